The fourth-order valence-corrected chi connectivity index (χ4v) is 7.67. The van der Waals surface area contributed by atoms with Gasteiger partial charge in [-0.3, -0.25) is 44.2 Å². The number of halogens is 3. The number of aliphatic imine (C=N–C) groups is 3. The molecule has 3 heterocycles. The van der Waals surface area contributed by atoms with E-state index in [4.69, 9.17) is 16.6 Å². The zero-order valence-corrected chi connectivity index (χ0v) is 36.4. The summed E-state index contributed by atoms with van der Waals surface area (Å²) in [5.41, 5.74) is 4.46. The molecule has 4 amide bonds. The van der Waals surface area contributed by atoms with Crippen LogP contribution in [0.4, 0.5) is 20.2 Å². The van der Waals surface area contributed by atoms with E-state index in [0.717, 1.165) is 12.1 Å². The Balaban J connectivity index is 0.898. The second kappa shape index (κ2) is 21.5. The van der Waals surface area contributed by atoms with Gasteiger partial charge in [-0.1, -0.05) is 35.9 Å². The lowest BCUT2D eigenvalue weighted by Crippen LogP contribution is -2.51. The summed E-state index contributed by atoms with van der Waals surface area (Å²) in [5, 5.41) is 20.3. The van der Waals surface area contributed by atoms with Crippen molar-refractivity contribution in [3.63, 3.8) is 0 Å². The topological polar surface area (TPSA) is 204 Å². The summed E-state index contributed by atoms with van der Waals surface area (Å²) in [6.45, 7) is 5.07. The van der Waals surface area contributed by atoms with Gasteiger partial charge in [0.1, 0.15) is 23.6 Å². The zero-order valence-electron chi connectivity index (χ0n) is 35.7. The molecule has 0 bridgehead atoms. The van der Waals surface area contributed by atoms with Gasteiger partial charge in [-0.25, -0.2) is 13.8 Å². The lowest BCUT2D eigenvalue weighted by Gasteiger charge is -2.30. The molecule has 0 aliphatic carbocycles. The maximum Gasteiger partial charge on any atom is 0.251 e. The van der Waals surface area contributed by atoms with Gasteiger partial charge < -0.3 is 16.0 Å². The summed E-state index contributed by atoms with van der Waals surface area (Å²) >= 11 is 6.37. The smallest absolute Gasteiger partial charge is 0.251 e. The van der Waals surface area contributed by atoms with Crippen LogP contribution in [0.3, 0.4) is 0 Å². The van der Waals surface area contributed by atoms with Crippen molar-refractivity contribution in [1.29, 1.82) is 0 Å². The van der Waals surface area contributed by atoms with Gasteiger partial charge >= 0.3 is 0 Å². The Bertz CT molecular complexity index is 2770. The van der Waals surface area contributed by atoms with Gasteiger partial charge in [0.15, 0.2) is 0 Å². The van der Waals surface area contributed by atoms with Crippen molar-refractivity contribution in [2.75, 3.05) is 32.0 Å². The fraction of sp³-hybridized carbons (Fsp3) is 0.234. The Kier molecular flexibility index (Phi) is 15.2. The van der Waals surface area contributed by atoms with E-state index >= 15 is 8.78 Å². The van der Waals surface area contributed by atoms with Gasteiger partial charge in [0.2, 0.25) is 17.7 Å². The van der Waals surface area contributed by atoms with Crippen LogP contribution >= 0.6 is 11.6 Å². The highest BCUT2D eigenvalue weighted by molar-refractivity contribution is 6.32. The number of rotatable bonds is 17. The third-order valence-corrected chi connectivity index (χ3v) is 11.1. The number of amides is 4. The molecule has 0 spiro atoms. The van der Waals surface area contributed by atoms with E-state index in [0.29, 0.717) is 93.5 Å². The molecular formula is C47H44ClF2N11O5. The SMILES string of the molecule is C=N/C=C1/CN=C(c2c(F)cccc2F)c2cc(Cl)ccc2C1=Nc1ccc(C(=O)NCc2cnn(CCNCCC(=O)Nc3cccc(C=O)c3CN(C)C3CCC(=O)NC3=O)n2)cc1. The molecule has 1 atom stereocenters. The summed E-state index contributed by atoms with van der Waals surface area (Å²) in [5.74, 6) is -2.89. The largest absolute Gasteiger partial charge is 0.346 e. The quantitative estimate of drug-likeness (QED) is 0.0410. The van der Waals surface area contributed by atoms with Crippen LogP contribution in [0.15, 0.2) is 112 Å². The average molecular weight is 916 g/mol. The first-order valence-corrected chi connectivity index (χ1v) is 21.2. The molecule has 0 radical (unpaired) electrons. The number of imide groups is 1. The molecule has 2 aliphatic rings. The third kappa shape index (κ3) is 11.3. The van der Waals surface area contributed by atoms with Crippen molar-refractivity contribution in [1.82, 2.24) is 35.8 Å². The number of fused-ring (bicyclic) bond motifs is 1. The van der Waals surface area contributed by atoms with E-state index in [-0.39, 0.29) is 61.5 Å². The predicted octanol–water partition coefficient (Wildman–Crippen LogP) is 5.36. The first-order valence-electron chi connectivity index (χ1n) is 20.8. The molecule has 0 saturated carbocycles. The van der Waals surface area contributed by atoms with Crippen LogP contribution in [-0.4, -0.2) is 101 Å². The molecule has 5 aromatic rings. The molecule has 1 fully saturated rings. The molecule has 4 aromatic carbocycles. The maximum atomic E-state index is 15.0. The summed E-state index contributed by atoms with van der Waals surface area (Å²) in [6.07, 6.45) is 4.45. The molecule has 4 N–H and O–H groups in total. The average Bonchev–Trinajstić information content (AvgIpc) is 3.70. The molecule has 16 nitrogen and oxygen atoms in total. The summed E-state index contributed by atoms with van der Waals surface area (Å²) in [4.78, 5) is 78.5. The number of aldehydes is 1. The van der Waals surface area contributed by atoms with E-state index < -0.39 is 23.6 Å². The minimum atomic E-state index is -0.774. The van der Waals surface area contributed by atoms with E-state index in [1.807, 2.05) is 0 Å². The lowest BCUT2D eigenvalue weighted by molar-refractivity contribution is -0.137. The Morgan fingerprint density at radius 2 is 1.80 bits per heavy atom. The number of hydrogen-bond donors (Lipinski definition) is 4. The van der Waals surface area contributed by atoms with Gasteiger partial charge in [-0.15, -0.1) is 0 Å². The number of aromatic nitrogens is 3. The van der Waals surface area contributed by atoms with Crippen molar-refractivity contribution in [3.05, 3.63) is 153 Å². The van der Waals surface area contributed by atoms with Crippen molar-refractivity contribution >= 4 is 71.0 Å². The van der Waals surface area contributed by atoms with Gasteiger partial charge in [0, 0.05) is 82.8 Å². The number of likely N-dealkylation sites (N-methyl/N-ethyl adjacent to an activating group) is 1. The zero-order chi connectivity index (χ0) is 46.7. The third-order valence-electron chi connectivity index (χ3n) is 10.8. The molecule has 1 saturated heterocycles. The van der Waals surface area contributed by atoms with Crippen LogP contribution in [-0.2, 0) is 34.0 Å². The van der Waals surface area contributed by atoms with Crippen LogP contribution < -0.4 is 21.3 Å². The summed E-state index contributed by atoms with van der Waals surface area (Å²) < 4.78 is 30.1. The Morgan fingerprint density at radius 1 is 1.03 bits per heavy atom. The normalized spacial score (nSPS) is 16.1. The Morgan fingerprint density at radius 3 is 2.55 bits per heavy atom. The number of anilines is 1. The van der Waals surface area contributed by atoms with Gasteiger partial charge in [0.25, 0.3) is 5.91 Å². The minimum absolute atomic E-state index is 0.00719. The summed E-state index contributed by atoms with van der Waals surface area (Å²) in [7, 11) is 1.73. The van der Waals surface area contributed by atoms with Crippen molar-refractivity contribution in [2.45, 2.75) is 44.9 Å². The fourth-order valence-electron chi connectivity index (χ4n) is 7.50. The number of hydrogen-bond acceptors (Lipinski definition) is 12. The number of nitrogens with one attached hydrogen (secondary N) is 4. The molecule has 66 heavy (non-hydrogen) atoms. The number of carbonyl (C=O) groups is 5. The van der Waals surface area contributed by atoms with Crippen molar-refractivity contribution < 1.29 is 32.8 Å². The van der Waals surface area contributed by atoms with Crippen LogP contribution in [0.5, 0.6) is 0 Å². The number of carbonyl (C=O) groups excluding carboxylic acids is 5. The minimum Gasteiger partial charge on any atom is -0.346 e. The Hall–Kier alpha value is -7.41. The maximum absolute atomic E-state index is 15.0. The highest BCUT2D eigenvalue weighted by Gasteiger charge is 2.31. The van der Waals surface area contributed by atoms with Gasteiger partial charge in [-0.2, -0.15) is 15.0 Å². The molecule has 1 aromatic heterocycles. The second-order valence-electron chi connectivity index (χ2n) is 15.3. The lowest BCUT2D eigenvalue weighted by atomic mass is 9.93. The molecule has 19 heteroatoms. The number of piperidine rings is 1. The van der Waals surface area contributed by atoms with Gasteiger partial charge in [-0.05, 0) is 74.8 Å². The van der Waals surface area contributed by atoms with Crippen LogP contribution in [0.25, 0.3) is 0 Å². The van der Waals surface area contributed by atoms with E-state index in [1.54, 1.807) is 78.8 Å². The van der Waals surface area contributed by atoms with Crippen molar-refractivity contribution in [2.24, 2.45) is 15.0 Å². The van der Waals surface area contributed by atoms with Crippen LogP contribution in [0.1, 0.15) is 67.9 Å². The molecule has 1 unspecified atom stereocenters. The Labute approximate surface area is 383 Å². The predicted molar refractivity (Wildman–Crippen MR) is 245 cm³/mol. The number of nitrogens with zero attached hydrogens (tertiary/aromatic N) is 7. The number of benzene rings is 4. The highest BCUT2D eigenvalue weighted by Crippen LogP contribution is 2.30. The highest BCUT2D eigenvalue weighted by atomic mass is 35.5. The summed E-state index contributed by atoms with van der Waals surface area (Å²) in [6, 6.07) is 19.6. The van der Waals surface area contributed by atoms with E-state index in [9.17, 15) is 24.0 Å². The molecule has 7 rings (SSSR count). The second-order valence-corrected chi connectivity index (χ2v) is 15.8. The molecular weight excluding hydrogens is 872 g/mol. The molecule has 2 aliphatic heterocycles. The standard InChI is InChI=1S/C47H44ClF2N11O5/c1-51-22-30-23-53-45(43-37(49)6-4-7-38(43)50)35-21-31(48)11-14-34(35)44(30)56-32-12-9-28(10-13-32)46(65)54-24-33-25-55-61(59-33)20-19-52-18-17-42(64)57-39-8-3-5-29(27-62)36(39)26-60(2)40-15-16-41(63)58-47(40)66/h3-14,21-22,25,27,40,52H,1,15-20,23-24,26H2,2H3,(H,54,65)(H,57,64)(H,58,63,66)/b30-22-,56-44?. The van der Waals surface area contributed by atoms with Crippen molar-refractivity contribution in [3.8, 4) is 0 Å². The first kappa shape index (κ1) is 46.6. The first-order chi connectivity index (χ1) is 31.9. The van der Waals surface area contributed by atoms with E-state index in [1.165, 1.54) is 17.1 Å². The van der Waals surface area contributed by atoms with Crippen LogP contribution in [0, 0.1) is 11.6 Å². The van der Waals surface area contributed by atoms with E-state index in [2.05, 4.69) is 48.2 Å². The van der Waals surface area contributed by atoms with Crippen LogP contribution in [0.2, 0.25) is 5.02 Å². The molecule has 338 valence electrons. The van der Waals surface area contributed by atoms with Gasteiger partial charge in [0.05, 0.1) is 54.5 Å². The monoisotopic (exact) mass is 915 g/mol.